The molecule has 0 aromatic carbocycles. The molecule has 2 N–H and O–H groups in total. The molecule has 8 heteroatoms. The lowest BCUT2D eigenvalue weighted by molar-refractivity contribution is -0.0908. The van der Waals surface area contributed by atoms with Crippen molar-refractivity contribution in [2.45, 2.75) is 36.6 Å². The minimum atomic E-state index is -3.69. The minimum Gasteiger partial charge on any atom is -0.477 e. The van der Waals surface area contributed by atoms with Gasteiger partial charge >= 0.3 is 5.97 Å². The Morgan fingerprint density at radius 1 is 1.50 bits per heavy atom. The number of nitrogens with one attached hydrogen (secondary N) is 1. The number of aromatic carboxylic acids is 1. The van der Waals surface area contributed by atoms with Crippen molar-refractivity contribution in [3.05, 3.63) is 17.0 Å². The normalized spacial score (nSPS) is 25.1. The highest BCUT2D eigenvalue weighted by Crippen LogP contribution is 2.43. The maximum absolute atomic E-state index is 12.2. The van der Waals surface area contributed by atoms with Gasteiger partial charge in [0.15, 0.2) is 0 Å². The van der Waals surface area contributed by atoms with E-state index < -0.39 is 16.0 Å². The number of carbonyl (C=O) groups is 1. The van der Waals surface area contributed by atoms with Crippen molar-refractivity contribution in [3.63, 3.8) is 0 Å². The average molecular weight is 319 g/mol. The van der Waals surface area contributed by atoms with Crippen molar-refractivity contribution < 1.29 is 23.1 Å². The summed E-state index contributed by atoms with van der Waals surface area (Å²) < 4.78 is 32.4. The topological polar surface area (TPSA) is 92.7 Å². The molecule has 1 fully saturated rings. The number of carboxylic acid groups (broad SMARTS) is 1. The van der Waals surface area contributed by atoms with E-state index in [1.165, 1.54) is 12.1 Å². The van der Waals surface area contributed by atoms with Crippen molar-refractivity contribution >= 4 is 27.3 Å². The minimum absolute atomic E-state index is 0.00742. The third-order valence-electron chi connectivity index (χ3n) is 3.82. The zero-order valence-corrected chi connectivity index (χ0v) is 13.0. The second kappa shape index (κ2) is 5.10. The smallest absolute Gasteiger partial charge is 0.345 e. The highest BCUT2D eigenvalue weighted by molar-refractivity contribution is 7.91. The Bertz CT molecular complexity index is 620. The molecule has 1 heterocycles. The summed E-state index contributed by atoms with van der Waals surface area (Å²) in [6.45, 7) is 3.88. The molecule has 1 saturated carbocycles. The van der Waals surface area contributed by atoms with Crippen molar-refractivity contribution in [1.29, 1.82) is 0 Å². The summed E-state index contributed by atoms with van der Waals surface area (Å²) in [6, 6.07) is 2.40. The average Bonchev–Trinajstić information content (AvgIpc) is 2.84. The van der Waals surface area contributed by atoms with Gasteiger partial charge in [0, 0.05) is 18.6 Å². The Morgan fingerprint density at radius 2 is 2.15 bits per heavy atom. The Hall–Kier alpha value is -0.960. The van der Waals surface area contributed by atoms with Crippen LogP contribution in [0.25, 0.3) is 0 Å². The van der Waals surface area contributed by atoms with Crippen LogP contribution >= 0.6 is 11.3 Å². The van der Waals surface area contributed by atoms with E-state index in [0.29, 0.717) is 6.42 Å². The number of thiophene rings is 1. The van der Waals surface area contributed by atoms with Gasteiger partial charge in [-0.1, -0.05) is 13.8 Å². The molecule has 0 saturated heterocycles. The molecule has 0 aliphatic heterocycles. The van der Waals surface area contributed by atoms with E-state index in [4.69, 9.17) is 9.84 Å². The number of hydrogen-bond acceptors (Lipinski definition) is 5. The van der Waals surface area contributed by atoms with Crippen LogP contribution < -0.4 is 4.72 Å². The molecule has 0 bridgehead atoms. The standard InChI is InChI=1S/C12H17NO5S2/c1-12(2)8(6-9(12)18-3)13-20(16,17)10-5-4-7(19-10)11(14)15/h4-5,8-9,13H,6H2,1-3H3,(H,14,15). The van der Waals surface area contributed by atoms with Gasteiger partial charge in [-0.2, -0.15) is 0 Å². The van der Waals surface area contributed by atoms with E-state index in [1.807, 2.05) is 13.8 Å². The number of carboxylic acids is 1. The van der Waals surface area contributed by atoms with Crippen molar-refractivity contribution in [3.8, 4) is 0 Å². The monoisotopic (exact) mass is 319 g/mol. The maximum atomic E-state index is 12.2. The number of methoxy groups -OCH3 is 1. The molecule has 0 amide bonds. The molecule has 6 nitrogen and oxygen atoms in total. The SMILES string of the molecule is COC1CC(NS(=O)(=O)c2ccc(C(=O)O)s2)C1(C)C. The van der Waals surface area contributed by atoms with Gasteiger partial charge in [0.25, 0.3) is 0 Å². The largest absolute Gasteiger partial charge is 0.477 e. The van der Waals surface area contributed by atoms with Crippen LogP contribution in [0.15, 0.2) is 16.3 Å². The summed E-state index contributed by atoms with van der Waals surface area (Å²) in [5.41, 5.74) is -0.283. The molecule has 0 spiro atoms. The molecule has 2 rings (SSSR count). The summed E-state index contributed by atoms with van der Waals surface area (Å²) in [5.74, 6) is -1.13. The second-order valence-electron chi connectivity index (χ2n) is 5.38. The molecule has 1 aromatic rings. The number of ether oxygens (including phenoxy) is 1. The molecular formula is C12H17NO5S2. The van der Waals surface area contributed by atoms with Crippen molar-refractivity contribution in [2.75, 3.05) is 7.11 Å². The molecule has 112 valence electrons. The molecular weight excluding hydrogens is 302 g/mol. The van der Waals surface area contributed by atoms with Crippen molar-refractivity contribution in [1.82, 2.24) is 4.72 Å². The molecule has 2 unspecified atom stereocenters. The van der Waals surface area contributed by atoms with Crippen LogP contribution in [0.4, 0.5) is 0 Å². The molecule has 20 heavy (non-hydrogen) atoms. The summed E-state index contributed by atoms with van der Waals surface area (Å²) in [7, 11) is -2.08. The fraction of sp³-hybridized carbons (Fsp3) is 0.583. The zero-order chi connectivity index (χ0) is 15.1. The molecule has 1 aromatic heterocycles. The first-order valence-electron chi connectivity index (χ1n) is 6.06. The van der Waals surface area contributed by atoms with E-state index in [2.05, 4.69) is 4.72 Å². The van der Waals surface area contributed by atoms with Gasteiger partial charge in [-0.05, 0) is 18.6 Å². The fourth-order valence-corrected chi connectivity index (χ4v) is 4.88. The van der Waals surface area contributed by atoms with E-state index >= 15 is 0 Å². The van der Waals surface area contributed by atoms with Gasteiger partial charge in [-0.15, -0.1) is 11.3 Å². The summed E-state index contributed by atoms with van der Waals surface area (Å²) in [5, 5.41) is 8.83. The maximum Gasteiger partial charge on any atom is 0.345 e. The highest BCUT2D eigenvalue weighted by Gasteiger charge is 2.50. The van der Waals surface area contributed by atoms with E-state index in [1.54, 1.807) is 7.11 Å². The summed E-state index contributed by atoms with van der Waals surface area (Å²) >= 11 is 0.750. The lowest BCUT2D eigenvalue weighted by Crippen LogP contribution is -2.61. The lowest BCUT2D eigenvalue weighted by Gasteiger charge is -2.50. The van der Waals surface area contributed by atoms with E-state index in [-0.39, 0.29) is 26.6 Å². The Kier molecular flexibility index (Phi) is 3.94. The van der Waals surface area contributed by atoms with Gasteiger partial charge < -0.3 is 9.84 Å². The molecule has 1 aliphatic rings. The molecule has 1 aliphatic carbocycles. The number of sulfonamides is 1. The van der Waals surface area contributed by atoms with Gasteiger partial charge in [0.05, 0.1) is 6.10 Å². The zero-order valence-electron chi connectivity index (χ0n) is 11.4. The van der Waals surface area contributed by atoms with Crippen LogP contribution in [0, 0.1) is 5.41 Å². The van der Waals surface area contributed by atoms with Crippen LogP contribution in [0.5, 0.6) is 0 Å². The van der Waals surface area contributed by atoms with Crippen LogP contribution in [-0.4, -0.2) is 38.7 Å². The summed E-state index contributed by atoms with van der Waals surface area (Å²) in [6.07, 6.45) is 0.632. The van der Waals surface area contributed by atoms with Gasteiger partial charge in [-0.3, -0.25) is 0 Å². The second-order valence-corrected chi connectivity index (χ2v) is 8.40. The molecule has 0 radical (unpaired) electrons. The first-order valence-corrected chi connectivity index (χ1v) is 8.36. The highest BCUT2D eigenvalue weighted by atomic mass is 32.2. The summed E-state index contributed by atoms with van der Waals surface area (Å²) in [4.78, 5) is 10.8. The predicted molar refractivity (Wildman–Crippen MR) is 74.6 cm³/mol. The first kappa shape index (κ1) is 15.4. The van der Waals surface area contributed by atoms with Gasteiger partial charge in [0.1, 0.15) is 9.09 Å². The van der Waals surface area contributed by atoms with Crippen LogP contribution in [0.2, 0.25) is 0 Å². The quantitative estimate of drug-likeness (QED) is 0.859. The van der Waals surface area contributed by atoms with Crippen molar-refractivity contribution in [2.24, 2.45) is 5.41 Å². The Labute approximate surface area is 121 Å². The molecule has 2 atom stereocenters. The van der Waals surface area contributed by atoms with Gasteiger partial charge in [-0.25, -0.2) is 17.9 Å². The van der Waals surface area contributed by atoms with Crippen LogP contribution in [0.3, 0.4) is 0 Å². The lowest BCUT2D eigenvalue weighted by atomic mass is 9.65. The van der Waals surface area contributed by atoms with Crippen LogP contribution in [-0.2, 0) is 14.8 Å². The van der Waals surface area contributed by atoms with E-state index in [0.717, 1.165) is 11.3 Å². The van der Waals surface area contributed by atoms with Gasteiger partial charge in [0.2, 0.25) is 10.0 Å². The fourth-order valence-electron chi connectivity index (χ4n) is 2.31. The first-order chi connectivity index (χ1) is 9.18. The Morgan fingerprint density at radius 3 is 2.60 bits per heavy atom. The Balaban J connectivity index is 2.14. The third kappa shape index (κ3) is 2.60. The predicted octanol–water partition coefficient (Wildman–Crippen LogP) is 1.54. The third-order valence-corrected chi connectivity index (χ3v) is 6.85. The van der Waals surface area contributed by atoms with E-state index in [9.17, 15) is 13.2 Å². The van der Waals surface area contributed by atoms with Crippen LogP contribution in [0.1, 0.15) is 29.9 Å². The number of hydrogen-bond donors (Lipinski definition) is 2. The number of rotatable bonds is 5.